The van der Waals surface area contributed by atoms with E-state index in [9.17, 15) is 9.18 Å². The Labute approximate surface area is 151 Å². The van der Waals surface area contributed by atoms with Crippen molar-refractivity contribution in [3.05, 3.63) is 50.5 Å². The van der Waals surface area contributed by atoms with Gasteiger partial charge in [-0.05, 0) is 67.5 Å². The van der Waals surface area contributed by atoms with Gasteiger partial charge in [-0.1, -0.05) is 6.07 Å². The lowest BCUT2D eigenvalue weighted by atomic mass is 9.99. The minimum Gasteiger partial charge on any atom is -0.319 e. The summed E-state index contributed by atoms with van der Waals surface area (Å²) in [6.07, 6.45) is 5.17. The SMILES string of the molecule is Cl.O=C(Nc1ccc2c(c1F)CCNC2)c1cc2c(s1)CCCC2. The van der Waals surface area contributed by atoms with E-state index in [0.717, 1.165) is 30.5 Å². The van der Waals surface area contributed by atoms with Crippen LogP contribution in [-0.4, -0.2) is 12.5 Å². The highest BCUT2D eigenvalue weighted by Gasteiger charge is 2.20. The standard InChI is InChI=1S/C18H19FN2OS.ClH/c19-17-13-7-8-20-10-12(13)5-6-14(17)21-18(22)16-9-11-3-1-2-4-15(11)23-16;/h5-6,9,20H,1-4,7-8,10H2,(H,21,22);1H. The van der Waals surface area contributed by atoms with Gasteiger partial charge >= 0.3 is 0 Å². The molecule has 3 nitrogen and oxygen atoms in total. The van der Waals surface area contributed by atoms with Gasteiger partial charge in [-0.15, -0.1) is 23.7 Å². The Morgan fingerprint density at radius 3 is 2.83 bits per heavy atom. The molecule has 2 aliphatic rings. The molecule has 1 aromatic carbocycles. The molecular weight excluding hydrogens is 347 g/mol. The number of nitrogens with one attached hydrogen (secondary N) is 2. The summed E-state index contributed by atoms with van der Waals surface area (Å²) >= 11 is 1.55. The molecule has 1 aliphatic carbocycles. The van der Waals surface area contributed by atoms with Crippen LogP contribution in [0.25, 0.3) is 0 Å². The minimum atomic E-state index is -0.279. The zero-order valence-corrected chi connectivity index (χ0v) is 14.9. The average molecular weight is 367 g/mol. The van der Waals surface area contributed by atoms with Gasteiger partial charge in [0.2, 0.25) is 0 Å². The summed E-state index contributed by atoms with van der Waals surface area (Å²) in [6.45, 7) is 1.47. The highest BCUT2D eigenvalue weighted by Crippen LogP contribution is 2.31. The van der Waals surface area contributed by atoms with Crippen molar-refractivity contribution in [1.82, 2.24) is 5.32 Å². The molecule has 2 N–H and O–H groups in total. The summed E-state index contributed by atoms with van der Waals surface area (Å²) in [5, 5.41) is 5.99. The molecule has 0 saturated carbocycles. The predicted octanol–water partition coefficient (Wildman–Crippen LogP) is 4.09. The van der Waals surface area contributed by atoms with E-state index >= 15 is 0 Å². The van der Waals surface area contributed by atoms with E-state index in [1.54, 1.807) is 17.4 Å². The largest absolute Gasteiger partial charge is 0.319 e. The highest BCUT2D eigenvalue weighted by molar-refractivity contribution is 7.14. The van der Waals surface area contributed by atoms with E-state index in [0.29, 0.717) is 23.5 Å². The Bertz CT molecular complexity index is 751. The van der Waals surface area contributed by atoms with Gasteiger partial charge in [-0.3, -0.25) is 4.79 Å². The number of carbonyl (C=O) groups excluding carboxylic acids is 1. The van der Waals surface area contributed by atoms with Crippen molar-refractivity contribution in [2.24, 2.45) is 0 Å². The fourth-order valence-electron chi connectivity index (χ4n) is 3.42. The molecule has 0 radical (unpaired) electrons. The van der Waals surface area contributed by atoms with E-state index in [1.165, 1.54) is 23.3 Å². The van der Waals surface area contributed by atoms with Crippen molar-refractivity contribution in [2.75, 3.05) is 11.9 Å². The van der Waals surface area contributed by atoms with Crippen molar-refractivity contribution < 1.29 is 9.18 Å². The molecule has 4 rings (SSSR count). The summed E-state index contributed by atoms with van der Waals surface area (Å²) in [4.78, 5) is 14.5. The highest BCUT2D eigenvalue weighted by atomic mass is 35.5. The van der Waals surface area contributed by atoms with E-state index in [1.807, 2.05) is 12.1 Å². The van der Waals surface area contributed by atoms with Crippen LogP contribution in [0.3, 0.4) is 0 Å². The Kier molecular flexibility index (Phi) is 5.23. The van der Waals surface area contributed by atoms with Crippen LogP contribution in [0.5, 0.6) is 0 Å². The lowest BCUT2D eigenvalue weighted by Crippen LogP contribution is -2.25. The number of halogens is 2. The number of benzene rings is 1. The average Bonchev–Trinajstić information content (AvgIpc) is 3.02. The minimum absolute atomic E-state index is 0. The van der Waals surface area contributed by atoms with Crippen molar-refractivity contribution in [3.63, 3.8) is 0 Å². The number of hydrogen-bond donors (Lipinski definition) is 2. The zero-order chi connectivity index (χ0) is 15.8. The molecule has 0 spiro atoms. The molecule has 24 heavy (non-hydrogen) atoms. The van der Waals surface area contributed by atoms with E-state index in [-0.39, 0.29) is 24.1 Å². The molecule has 0 fully saturated rings. The second-order valence-corrected chi connectivity index (χ2v) is 7.35. The zero-order valence-electron chi connectivity index (χ0n) is 13.3. The fraction of sp³-hybridized carbons (Fsp3) is 0.389. The summed E-state index contributed by atoms with van der Waals surface area (Å²) in [7, 11) is 0. The van der Waals surface area contributed by atoms with Gasteiger partial charge in [0.1, 0.15) is 5.82 Å². The first kappa shape index (κ1) is 17.4. The van der Waals surface area contributed by atoms with Gasteiger partial charge in [-0.2, -0.15) is 0 Å². The number of amides is 1. The van der Waals surface area contributed by atoms with Gasteiger partial charge < -0.3 is 10.6 Å². The molecule has 0 saturated heterocycles. The molecule has 128 valence electrons. The van der Waals surface area contributed by atoms with Gasteiger partial charge in [0.05, 0.1) is 10.6 Å². The first-order chi connectivity index (χ1) is 11.2. The maximum atomic E-state index is 14.6. The lowest BCUT2D eigenvalue weighted by Gasteiger charge is -2.19. The van der Waals surface area contributed by atoms with Gasteiger partial charge in [0, 0.05) is 11.4 Å². The van der Waals surface area contributed by atoms with Crippen LogP contribution in [0.1, 0.15) is 44.1 Å². The lowest BCUT2D eigenvalue weighted by molar-refractivity contribution is 0.103. The molecule has 0 unspecified atom stereocenters. The van der Waals surface area contributed by atoms with Crippen LogP contribution in [-0.2, 0) is 25.8 Å². The van der Waals surface area contributed by atoms with Gasteiger partial charge in [-0.25, -0.2) is 4.39 Å². The third-order valence-corrected chi connectivity index (χ3v) is 5.91. The summed E-state index contributed by atoms with van der Waals surface area (Å²) in [5.74, 6) is -0.476. The van der Waals surface area contributed by atoms with Crippen LogP contribution < -0.4 is 10.6 Å². The van der Waals surface area contributed by atoms with Crippen LogP contribution in [0.4, 0.5) is 10.1 Å². The topological polar surface area (TPSA) is 41.1 Å². The van der Waals surface area contributed by atoms with Crippen LogP contribution >= 0.6 is 23.7 Å². The maximum absolute atomic E-state index is 14.6. The smallest absolute Gasteiger partial charge is 0.265 e. The second-order valence-electron chi connectivity index (χ2n) is 6.21. The third kappa shape index (κ3) is 3.21. The second kappa shape index (κ2) is 7.21. The predicted molar refractivity (Wildman–Crippen MR) is 98.0 cm³/mol. The molecule has 2 aromatic rings. The van der Waals surface area contributed by atoms with E-state index in [2.05, 4.69) is 10.6 Å². The Hall–Kier alpha value is -1.43. The maximum Gasteiger partial charge on any atom is 0.265 e. The molecule has 0 atom stereocenters. The number of rotatable bonds is 2. The Morgan fingerprint density at radius 2 is 2.00 bits per heavy atom. The molecular formula is C18H20ClFN2OS. The normalized spacial score (nSPS) is 15.9. The van der Waals surface area contributed by atoms with Crippen molar-refractivity contribution in [1.29, 1.82) is 0 Å². The van der Waals surface area contributed by atoms with E-state index in [4.69, 9.17) is 0 Å². The molecule has 6 heteroatoms. The quantitative estimate of drug-likeness (QED) is 0.840. The molecule has 1 aromatic heterocycles. The Morgan fingerprint density at radius 1 is 1.17 bits per heavy atom. The van der Waals surface area contributed by atoms with Crippen LogP contribution in [0, 0.1) is 5.82 Å². The summed E-state index contributed by atoms with van der Waals surface area (Å²) in [5.41, 5.74) is 3.30. The monoisotopic (exact) mass is 366 g/mol. The Balaban J connectivity index is 0.00000169. The molecule has 1 amide bonds. The van der Waals surface area contributed by atoms with Crippen molar-refractivity contribution >= 4 is 35.3 Å². The van der Waals surface area contributed by atoms with Gasteiger partial charge in [0.25, 0.3) is 5.91 Å². The fourth-order valence-corrected chi connectivity index (χ4v) is 4.57. The van der Waals surface area contributed by atoms with E-state index < -0.39 is 0 Å². The van der Waals surface area contributed by atoms with Crippen LogP contribution in [0.15, 0.2) is 18.2 Å². The number of carbonyl (C=O) groups is 1. The summed E-state index contributed by atoms with van der Waals surface area (Å²) in [6, 6.07) is 5.56. The molecule has 0 bridgehead atoms. The first-order valence-corrected chi connectivity index (χ1v) is 8.98. The van der Waals surface area contributed by atoms with Crippen molar-refractivity contribution in [2.45, 2.75) is 38.6 Å². The number of aryl methyl sites for hydroxylation is 2. The van der Waals surface area contributed by atoms with Crippen molar-refractivity contribution in [3.8, 4) is 0 Å². The number of thiophene rings is 1. The number of fused-ring (bicyclic) bond motifs is 2. The third-order valence-electron chi connectivity index (χ3n) is 4.68. The van der Waals surface area contributed by atoms with Gasteiger partial charge in [0.15, 0.2) is 0 Å². The molecule has 2 heterocycles. The van der Waals surface area contributed by atoms with Crippen LogP contribution in [0.2, 0.25) is 0 Å². The summed E-state index contributed by atoms with van der Waals surface area (Å²) < 4.78 is 14.6. The first-order valence-electron chi connectivity index (χ1n) is 8.16. The number of hydrogen-bond acceptors (Lipinski definition) is 3. The molecule has 1 aliphatic heterocycles. The number of anilines is 1.